The summed E-state index contributed by atoms with van der Waals surface area (Å²) < 4.78 is 1.01. The second-order valence-electron chi connectivity index (χ2n) is 5.45. The summed E-state index contributed by atoms with van der Waals surface area (Å²) >= 11 is 1.44. The summed E-state index contributed by atoms with van der Waals surface area (Å²) in [6, 6.07) is 5.63. The number of anilines is 1. The maximum Gasteiger partial charge on any atom is 0.251 e. The van der Waals surface area contributed by atoms with Gasteiger partial charge in [-0.05, 0) is 50.8 Å². The fourth-order valence-electron chi connectivity index (χ4n) is 2.72. The van der Waals surface area contributed by atoms with Gasteiger partial charge in [-0.2, -0.15) is 0 Å². The molecule has 0 saturated heterocycles. The van der Waals surface area contributed by atoms with Crippen LogP contribution >= 0.6 is 11.3 Å². The zero-order valence-corrected chi connectivity index (χ0v) is 12.9. The smallest absolute Gasteiger partial charge is 0.251 e. The minimum Gasteiger partial charge on any atom is -0.375 e. The fraction of sp³-hybridized carbons (Fsp3) is 0.375. The van der Waals surface area contributed by atoms with Gasteiger partial charge in [-0.1, -0.05) is 23.0 Å². The minimum atomic E-state index is -0.0533. The minimum absolute atomic E-state index is 0.0533. The number of allylic oxidation sites excluding steroid dienone is 1. The van der Waals surface area contributed by atoms with E-state index in [1.807, 2.05) is 12.1 Å². The molecular weight excluding hydrogens is 282 g/mol. The van der Waals surface area contributed by atoms with E-state index in [9.17, 15) is 4.79 Å². The van der Waals surface area contributed by atoms with E-state index in [-0.39, 0.29) is 11.9 Å². The van der Waals surface area contributed by atoms with Crippen LogP contribution in [0.1, 0.15) is 43.0 Å². The zero-order chi connectivity index (χ0) is 14.8. The molecule has 0 radical (unpaired) electrons. The van der Waals surface area contributed by atoms with Gasteiger partial charge in [0.25, 0.3) is 5.91 Å². The van der Waals surface area contributed by atoms with Gasteiger partial charge in [-0.15, -0.1) is 0 Å². The first-order chi connectivity index (χ1) is 10.1. The molecule has 1 unspecified atom stereocenters. The van der Waals surface area contributed by atoms with E-state index < -0.39 is 0 Å². The van der Waals surface area contributed by atoms with Gasteiger partial charge in [-0.3, -0.25) is 4.79 Å². The molecule has 1 aliphatic rings. The predicted octanol–water partition coefficient (Wildman–Crippen LogP) is 3.50. The van der Waals surface area contributed by atoms with Crippen molar-refractivity contribution < 1.29 is 4.79 Å². The lowest BCUT2D eigenvalue weighted by molar-refractivity contribution is 0.0944. The lowest BCUT2D eigenvalue weighted by Crippen LogP contribution is -2.34. The van der Waals surface area contributed by atoms with Gasteiger partial charge < -0.3 is 11.1 Å². The van der Waals surface area contributed by atoms with Crippen LogP contribution in [0.4, 0.5) is 5.13 Å². The second kappa shape index (κ2) is 5.85. The molecule has 21 heavy (non-hydrogen) atoms. The Balaban J connectivity index is 1.75. The van der Waals surface area contributed by atoms with Crippen molar-refractivity contribution in [1.29, 1.82) is 0 Å². The Morgan fingerprint density at radius 3 is 3.05 bits per heavy atom. The first-order valence-corrected chi connectivity index (χ1v) is 8.11. The van der Waals surface area contributed by atoms with E-state index in [0.29, 0.717) is 10.7 Å². The second-order valence-corrected chi connectivity index (χ2v) is 6.52. The lowest BCUT2D eigenvalue weighted by Gasteiger charge is -2.20. The summed E-state index contributed by atoms with van der Waals surface area (Å²) in [7, 11) is 0. The fourth-order valence-corrected chi connectivity index (χ4v) is 3.43. The highest BCUT2D eigenvalue weighted by Crippen LogP contribution is 2.25. The van der Waals surface area contributed by atoms with Gasteiger partial charge in [0.15, 0.2) is 5.13 Å². The van der Waals surface area contributed by atoms with Crippen molar-refractivity contribution in [2.45, 2.75) is 38.6 Å². The summed E-state index contributed by atoms with van der Waals surface area (Å²) in [5, 5.41) is 3.61. The molecule has 1 aromatic heterocycles. The van der Waals surface area contributed by atoms with Crippen LogP contribution in [0.3, 0.4) is 0 Å². The highest BCUT2D eigenvalue weighted by molar-refractivity contribution is 7.22. The summed E-state index contributed by atoms with van der Waals surface area (Å²) in [6.45, 7) is 2.05. The number of aromatic nitrogens is 1. The molecule has 5 heteroatoms. The molecule has 1 amide bonds. The molecule has 2 aromatic rings. The normalized spacial score (nSPS) is 16.5. The Bertz CT molecular complexity index is 705. The highest BCUT2D eigenvalue weighted by Gasteiger charge is 2.15. The first kappa shape index (κ1) is 14.1. The van der Waals surface area contributed by atoms with Crippen LogP contribution in [0.2, 0.25) is 0 Å². The lowest BCUT2D eigenvalue weighted by atomic mass is 9.94. The maximum atomic E-state index is 12.4. The van der Waals surface area contributed by atoms with Crippen molar-refractivity contribution >= 4 is 32.6 Å². The van der Waals surface area contributed by atoms with Gasteiger partial charge in [0.1, 0.15) is 0 Å². The van der Waals surface area contributed by atoms with E-state index in [0.717, 1.165) is 23.1 Å². The Labute approximate surface area is 128 Å². The van der Waals surface area contributed by atoms with Crippen molar-refractivity contribution in [3.8, 4) is 0 Å². The number of hydrogen-bond acceptors (Lipinski definition) is 4. The first-order valence-electron chi connectivity index (χ1n) is 7.29. The van der Waals surface area contributed by atoms with Crippen molar-refractivity contribution in [3.05, 3.63) is 35.4 Å². The standard InChI is InChI=1S/C16H19N3OS/c1-10(11-5-3-2-4-6-11)18-15(20)12-7-8-14-13(9-12)19-16(17)21-14/h5,7-10H,2-4,6H2,1H3,(H2,17,19)(H,18,20). The van der Waals surface area contributed by atoms with Crippen molar-refractivity contribution in [2.75, 3.05) is 5.73 Å². The Hall–Kier alpha value is -1.88. The largest absolute Gasteiger partial charge is 0.375 e. The molecule has 0 spiro atoms. The van der Waals surface area contributed by atoms with Crippen LogP contribution in [0.25, 0.3) is 10.2 Å². The van der Waals surface area contributed by atoms with Crippen LogP contribution in [-0.2, 0) is 0 Å². The predicted molar refractivity (Wildman–Crippen MR) is 87.5 cm³/mol. The maximum absolute atomic E-state index is 12.4. The van der Waals surface area contributed by atoms with Gasteiger partial charge in [0.2, 0.25) is 0 Å². The van der Waals surface area contributed by atoms with Crippen molar-refractivity contribution in [1.82, 2.24) is 10.3 Å². The summed E-state index contributed by atoms with van der Waals surface area (Å²) in [5.74, 6) is -0.0533. The third-order valence-corrected chi connectivity index (χ3v) is 4.76. The van der Waals surface area contributed by atoms with Crippen LogP contribution < -0.4 is 11.1 Å². The molecule has 1 aliphatic carbocycles. The molecule has 0 aliphatic heterocycles. The molecule has 3 rings (SSSR count). The number of nitrogens with zero attached hydrogens (tertiary/aromatic N) is 1. The number of amides is 1. The molecule has 110 valence electrons. The molecule has 0 saturated carbocycles. The van der Waals surface area contributed by atoms with Gasteiger partial charge in [-0.25, -0.2) is 4.98 Å². The summed E-state index contributed by atoms with van der Waals surface area (Å²) in [4.78, 5) is 16.6. The van der Waals surface area contributed by atoms with Gasteiger partial charge in [0.05, 0.1) is 10.2 Å². The van der Waals surface area contributed by atoms with E-state index in [1.54, 1.807) is 6.07 Å². The highest BCUT2D eigenvalue weighted by atomic mass is 32.1. The number of carbonyl (C=O) groups excluding carboxylic acids is 1. The molecular formula is C16H19N3OS. The molecule has 0 fully saturated rings. The zero-order valence-electron chi connectivity index (χ0n) is 12.1. The van der Waals surface area contributed by atoms with E-state index in [2.05, 4.69) is 23.3 Å². The molecule has 1 heterocycles. The van der Waals surface area contributed by atoms with Crippen molar-refractivity contribution in [2.24, 2.45) is 0 Å². The Morgan fingerprint density at radius 2 is 2.29 bits per heavy atom. The Kier molecular flexibility index (Phi) is 3.92. The number of thiazole rings is 1. The number of nitrogen functional groups attached to an aromatic ring is 1. The average molecular weight is 301 g/mol. The number of nitrogens with two attached hydrogens (primary N) is 1. The molecule has 1 aromatic carbocycles. The quantitative estimate of drug-likeness (QED) is 0.853. The number of rotatable bonds is 3. The molecule has 1 atom stereocenters. The summed E-state index contributed by atoms with van der Waals surface area (Å²) in [5.41, 5.74) is 8.46. The third kappa shape index (κ3) is 3.08. The number of nitrogens with one attached hydrogen (secondary N) is 1. The SMILES string of the molecule is CC(NC(=O)c1ccc2sc(N)nc2c1)C1=CCCCC1. The Morgan fingerprint density at radius 1 is 1.43 bits per heavy atom. The van der Waals surface area contributed by atoms with E-state index in [4.69, 9.17) is 5.73 Å². The van der Waals surface area contributed by atoms with E-state index >= 15 is 0 Å². The topological polar surface area (TPSA) is 68.0 Å². The third-order valence-electron chi connectivity index (χ3n) is 3.90. The monoisotopic (exact) mass is 301 g/mol. The summed E-state index contributed by atoms with van der Waals surface area (Å²) in [6.07, 6.45) is 6.95. The van der Waals surface area contributed by atoms with Crippen LogP contribution in [0.15, 0.2) is 29.8 Å². The van der Waals surface area contributed by atoms with Crippen LogP contribution in [0, 0.1) is 0 Å². The van der Waals surface area contributed by atoms with Crippen LogP contribution in [0.5, 0.6) is 0 Å². The molecule has 0 bridgehead atoms. The van der Waals surface area contributed by atoms with Crippen molar-refractivity contribution in [3.63, 3.8) is 0 Å². The van der Waals surface area contributed by atoms with E-state index in [1.165, 1.54) is 29.8 Å². The molecule has 3 N–H and O–H groups in total. The number of carbonyl (C=O) groups is 1. The molecule has 4 nitrogen and oxygen atoms in total. The van der Waals surface area contributed by atoms with Crippen LogP contribution in [-0.4, -0.2) is 16.9 Å². The average Bonchev–Trinajstić information content (AvgIpc) is 2.87. The number of fused-ring (bicyclic) bond motifs is 1. The number of benzene rings is 1. The number of hydrogen-bond donors (Lipinski definition) is 2. The van der Waals surface area contributed by atoms with Gasteiger partial charge in [0, 0.05) is 11.6 Å². The van der Waals surface area contributed by atoms with Gasteiger partial charge >= 0.3 is 0 Å².